The number of aromatic nitrogens is 1. The lowest BCUT2D eigenvalue weighted by Crippen LogP contribution is -2.29. The molecule has 1 heterocycles. The monoisotopic (exact) mass is 293 g/mol. The average molecular weight is 293 g/mol. The molecule has 0 amide bonds. The van der Waals surface area contributed by atoms with Crippen LogP contribution in [-0.4, -0.2) is 29.7 Å². The van der Waals surface area contributed by atoms with Crippen molar-refractivity contribution < 1.29 is 13.9 Å². The predicted molar refractivity (Wildman–Crippen MR) is 79.5 cm³/mol. The molecule has 5 nitrogen and oxygen atoms in total. The highest BCUT2D eigenvalue weighted by molar-refractivity contribution is 5.65. The Bertz CT molecular complexity index is 598. The van der Waals surface area contributed by atoms with Crippen LogP contribution in [-0.2, 0) is 0 Å². The van der Waals surface area contributed by atoms with Gasteiger partial charge in [-0.25, -0.2) is 9.37 Å². The molecule has 0 saturated heterocycles. The summed E-state index contributed by atoms with van der Waals surface area (Å²) in [5.74, 6) is -0.0570. The largest absolute Gasteiger partial charge is 0.446 e. The second kappa shape index (κ2) is 6.69. The average Bonchev–Trinajstić information content (AvgIpc) is 2.95. The van der Waals surface area contributed by atoms with Gasteiger partial charge in [0.2, 0.25) is 5.89 Å². The van der Waals surface area contributed by atoms with E-state index < -0.39 is 6.10 Å². The zero-order valence-electron chi connectivity index (χ0n) is 12.2. The van der Waals surface area contributed by atoms with Gasteiger partial charge in [-0.2, -0.15) is 0 Å². The quantitative estimate of drug-likeness (QED) is 0.855. The third-order valence-corrected chi connectivity index (χ3v) is 3.24. The summed E-state index contributed by atoms with van der Waals surface area (Å²) >= 11 is 0. The number of hydrogen-bond acceptors (Lipinski definition) is 5. The summed E-state index contributed by atoms with van der Waals surface area (Å²) in [5.41, 5.74) is 7.35. The molecule has 1 aromatic carbocycles. The van der Waals surface area contributed by atoms with Crippen LogP contribution in [0.3, 0.4) is 0 Å². The maximum absolute atomic E-state index is 14.0. The number of anilines is 1. The van der Waals surface area contributed by atoms with Gasteiger partial charge in [0, 0.05) is 25.2 Å². The molecule has 0 aliphatic carbocycles. The number of aliphatic hydroxyl groups is 1. The molecule has 0 aliphatic rings. The normalized spacial score (nSPS) is 12.4. The highest BCUT2D eigenvalue weighted by Gasteiger charge is 2.14. The molecule has 21 heavy (non-hydrogen) atoms. The molecule has 0 fully saturated rings. The van der Waals surface area contributed by atoms with E-state index in [9.17, 15) is 9.50 Å². The Morgan fingerprint density at radius 2 is 2.24 bits per heavy atom. The summed E-state index contributed by atoms with van der Waals surface area (Å²) in [6.07, 6.45) is 0.682. The van der Waals surface area contributed by atoms with Crippen LogP contribution in [0.2, 0.25) is 0 Å². The molecular formula is C15H20FN3O2. The fourth-order valence-corrected chi connectivity index (χ4v) is 2.13. The van der Waals surface area contributed by atoms with Crippen LogP contribution in [0.15, 0.2) is 28.9 Å². The van der Waals surface area contributed by atoms with Gasteiger partial charge in [-0.05, 0) is 32.0 Å². The summed E-state index contributed by atoms with van der Waals surface area (Å²) in [5, 5.41) is 9.44. The molecule has 0 spiro atoms. The van der Waals surface area contributed by atoms with E-state index in [2.05, 4.69) is 4.98 Å². The summed E-state index contributed by atoms with van der Waals surface area (Å²) in [6.45, 7) is 5.22. The lowest BCUT2D eigenvalue weighted by molar-refractivity contribution is 0.163. The number of halogens is 1. The second-order valence-electron chi connectivity index (χ2n) is 4.78. The topological polar surface area (TPSA) is 75.5 Å². The Balaban J connectivity index is 2.36. The molecule has 114 valence electrons. The van der Waals surface area contributed by atoms with E-state index in [4.69, 9.17) is 10.2 Å². The van der Waals surface area contributed by atoms with E-state index in [0.717, 1.165) is 5.56 Å². The summed E-state index contributed by atoms with van der Waals surface area (Å²) in [4.78, 5) is 6.07. The molecule has 1 atom stereocenters. The van der Waals surface area contributed by atoms with Gasteiger partial charge in [0.25, 0.3) is 0 Å². The fraction of sp³-hybridized carbons (Fsp3) is 0.400. The van der Waals surface area contributed by atoms with Gasteiger partial charge in [-0.1, -0.05) is 0 Å². The number of likely N-dealkylation sites (N-methyl/N-ethyl adjacent to an activating group) is 1. The fourth-order valence-electron chi connectivity index (χ4n) is 2.13. The first-order valence-electron chi connectivity index (χ1n) is 6.95. The Morgan fingerprint density at radius 1 is 1.48 bits per heavy atom. The minimum absolute atomic E-state index is 0.241. The van der Waals surface area contributed by atoms with Crippen molar-refractivity contribution in [3.63, 3.8) is 0 Å². The first-order chi connectivity index (χ1) is 10.1. The standard InChI is InChI=1S/C15H20FN3O2/c1-3-19(7-6-17)14-8-11(4-5-12(14)16)13-9-21-15(18-13)10(2)20/h4-5,8-10,20H,3,6-7,17H2,1-2H3. The van der Waals surface area contributed by atoms with Crippen molar-refractivity contribution in [2.75, 3.05) is 24.5 Å². The molecule has 6 heteroatoms. The van der Waals surface area contributed by atoms with Crippen LogP contribution in [0.5, 0.6) is 0 Å². The van der Waals surface area contributed by atoms with Crippen LogP contribution in [0.25, 0.3) is 11.3 Å². The van der Waals surface area contributed by atoms with Crippen molar-refractivity contribution >= 4 is 5.69 Å². The third kappa shape index (κ3) is 3.40. The van der Waals surface area contributed by atoms with Crippen LogP contribution < -0.4 is 10.6 Å². The van der Waals surface area contributed by atoms with E-state index in [-0.39, 0.29) is 11.7 Å². The second-order valence-corrected chi connectivity index (χ2v) is 4.78. The molecular weight excluding hydrogens is 273 g/mol. The number of aliphatic hydroxyl groups excluding tert-OH is 1. The smallest absolute Gasteiger partial charge is 0.223 e. The number of rotatable bonds is 6. The first-order valence-corrected chi connectivity index (χ1v) is 6.95. The zero-order valence-corrected chi connectivity index (χ0v) is 12.2. The van der Waals surface area contributed by atoms with E-state index in [1.54, 1.807) is 19.1 Å². The highest BCUT2D eigenvalue weighted by atomic mass is 19.1. The Hall–Kier alpha value is -1.92. The molecule has 0 bridgehead atoms. The van der Waals surface area contributed by atoms with Crippen molar-refractivity contribution in [1.29, 1.82) is 0 Å². The van der Waals surface area contributed by atoms with Gasteiger partial charge in [0.1, 0.15) is 23.9 Å². The number of benzene rings is 1. The molecule has 2 aromatic rings. The molecule has 0 saturated carbocycles. The van der Waals surface area contributed by atoms with E-state index in [0.29, 0.717) is 31.0 Å². The summed E-state index contributed by atoms with van der Waals surface area (Å²) < 4.78 is 19.2. The van der Waals surface area contributed by atoms with E-state index in [1.807, 2.05) is 11.8 Å². The van der Waals surface area contributed by atoms with Gasteiger partial charge in [-0.3, -0.25) is 0 Å². The van der Waals surface area contributed by atoms with Crippen molar-refractivity contribution in [3.05, 3.63) is 36.2 Å². The van der Waals surface area contributed by atoms with Gasteiger partial charge in [0.15, 0.2) is 0 Å². The van der Waals surface area contributed by atoms with Crippen molar-refractivity contribution in [3.8, 4) is 11.3 Å². The van der Waals surface area contributed by atoms with Crippen LogP contribution in [0.4, 0.5) is 10.1 Å². The highest BCUT2D eigenvalue weighted by Crippen LogP contribution is 2.28. The maximum atomic E-state index is 14.0. The number of nitrogens with zero attached hydrogens (tertiary/aromatic N) is 2. The van der Waals surface area contributed by atoms with Crippen LogP contribution in [0.1, 0.15) is 25.8 Å². The van der Waals surface area contributed by atoms with E-state index in [1.165, 1.54) is 12.3 Å². The molecule has 1 aromatic heterocycles. The number of oxazole rings is 1. The first kappa shape index (κ1) is 15.5. The third-order valence-electron chi connectivity index (χ3n) is 3.24. The van der Waals surface area contributed by atoms with Crippen molar-refractivity contribution in [2.24, 2.45) is 5.73 Å². The van der Waals surface area contributed by atoms with Crippen molar-refractivity contribution in [1.82, 2.24) is 4.98 Å². The number of nitrogens with two attached hydrogens (primary N) is 1. The summed E-state index contributed by atoms with van der Waals surface area (Å²) in [7, 11) is 0. The predicted octanol–water partition coefficient (Wildman–Crippen LogP) is 2.32. The lowest BCUT2D eigenvalue weighted by atomic mass is 10.1. The molecule has 2 rings (SSSR count). The molecule has 1 unspecified atom stereocenters. The van der Waals surface area contributed by atoms with Crippen LogP contribution >= 0.6 is 0 Å². The molecule has 0 radical (unpaired) electrons. The van der Waals surface area contributed by atoms with Gasteiger partial charge in [0.05, 0.1) is 5.69 Å². The van der Waals surface area contributed by atoms with Crippen LogP contribution in [0, 0.1) is 5.82 Å². The van der Waals surface area contributed by atoms with Gasteiger partial charge < -0.3 is 20.2 Å². The lowest BCUT2D eigenvalue weighted by Gasteiger charge is -2.23. The minimum atomic E-state index is -0.775. The SMILES string of the molecule is CCN(CCN)c1cc(-c2coc(C(C)O)n2)ccc1F. The minimum Gasteiger partial charge on any atom is -0.446 e. The van der Waals surface area contributed by atoms with Gasteiger partial charge >= 0.3 is 0 Å². The maximum Gasteiger partial charge on any atom is 0.223 e. The Kier molecular flexibility index (Phi) is 4.93. The number of hydrogen-bond donors (Lipinski definition) is 2. The Morgan fingerprint density at radius 3 is 2.81 bits per heavy atom. The molecule has 3 N–H and O–H groups in total. The van der Waals surface area contributed by atoms with Crippen molar-refractivity contribution in [2.45, 2.75) is 20.0 Å². The van der Waals surface area contributed by atoms with E-state index >= 15 is 0 Å². The Labute approximate surface area is 123 Å². The van der Waals surface area contributed by atoms with Gasteiger partial charge in [-0.15, -0.1) is 0 Å². The summed E-state index contributed by atoms with van der Waals surface area (Å²) in [6, 6.07) is 4.76. The molecule has 0 aliphatic heterocycles. The zero-order chi connectivity index (χ0) is 15.4.